The molecule has 0 amide bonds. The Labute approximate surface area is 247 Å². The SMILES string of the molecule is O=S(=O)(NCc1ccc2ccsc2c1)c1ccc(Cc2ccc(S(=O)(=O)NCc3ccc4ccsc4c3)cc2)cc1. The normalized spacial score (nSPS) is 12.3. The largest absolute Gasteiger partial charge is 0.240 e. The molecule has 6 rings (SSSR count). The van der Waals surface area contributed by atoms with Crippen LogP contribution in [-0.2, 0) is 39.6 Å². The molecule has 41 heavy (non-hydrogen) atoms. The zero-order valence-corrected chi connectivity index (χ0v) is 25.0. The van der Waals surface area contributed by atoms with E-state index in [2.05, 4.69) is 9.44 Å². The van der Waals surface area contributed by atoms with Gasteiger partial charge in [-0.25, -0.2) is 26.3 Å². The second-order valence-electron chi connectivity index (χ2n) is 9.70. The Balaban J connectivity index is 1.06. The molecule has 2 N–H and O–H groups in total. The van der Waals surface area contributed by atoms with Crippen LogP contribution >= 0.6 is 22.7 Å². The number of fused-ring (bicyclic) bond motifs is 2. The van der Waals surface area contributed by atoms with Crippen LogP contribution in [0.2, 0.25) is 0 Å². The summed E-state index contributed by atoms with van der Waals surface area (Å²) in [5.74, 6) is 0. The van der Waals surface area contributed by atoms with E-state index in [0.717, 1.165) is 42.4 Å². The monoisotopic (exact) mass is 618 g/mol. The summed E-state index contributed by atoms with van der Waals surface area (Å²) in [6.07, 6.45) is 0.545. The van der Waals surface area contributed by atoms with Crippen LogP contribution in [0.25, 0.3) is 20.2 Å². The van der Waals surface area contributed by atoms with E-state index in [1.807, 2.05) is 59.3 Å². The third-order valence-electron chi connectivity index (χ3n) is 6.85. The molecule has 0 atom stereocenters. The average Bonchev–Trinajstić information content (AvgIpc) is 3.65. The zero-order valence-electron chi connectivity index (χ0n) is 21.8. The molecule has 0 bridgehead atoms. The van der Waals surface area contributed by atoms with E-state index < -0.39 is 20.0 Å². The van der Waals surface area contributed by atoms with Crippen LogP contribution in [0.4, 0.5) is 0 Å². The molecule has 0 saturated carbocycles. The standard InChI is InChI=1S/C31H26N2O4S4/c34-40(35,32-20-24-1-7-26-13-15-38-30(26)18-24)28-9-3-22(4-10-28)17-23-5-11-29(12-6-23)41(36,37)33-21-25-2-8-27-14-16-39-31(27)19-25/h1-16,18-19,32-33H,17,20-21H2. The first-order valence-corrected chi connectivity index (χ1v) is 17.6. The van der Waals surface area contributed by atoms with Crippen molar-refractivity contribution in [3.05, 3.63) is 130 Å². The van der Waals surface area contributed by atoms with E-state index in [0.29, 0.717) is 6.42 Å². The molecule has 208 valence electrons. The van der Waals surface area contributed by atoms with Gasteiger partial charge in [0, 0.05) is 22.5 Å². The Morgan fingerprint density at radius 1 is 0.488 bits per heavy atom. The highest BCUT2D eigenvalue weighted by Gasteiger charge is 2.16. The Hall–Kier alpha value is -3.38. The Morgan fingerprint density at radius 3 is 1.29 bits per heavy atom. The van der Waals surface area contributed by atoms with E-state index in [4.69, 9.17) is 0 Å². The van der Waals surface area contributed by atoms with Gasteiger partial charge in [-0.2, -0.15) is 0 Å². The Bertz CT molecular complexity index is 1900. The molecule has 0 aliphatic heterocycles. The predicted octanol–water partition coefficient (Wildman–Crippen LogP) is 6.66. The Kier molecular flexibility index (Phi) is 7.78. The lowest BCUT2D eigenvalue weighted by Crippen LogP contribution is -2.23. The summed E-state index contributed by atoms with van der Waals surface area (Å²) in [6.45, 7) is 0.428. The number of rotatable bonds is 10. The summed E-state index contributed by atoms with van der Waals surface area (Å²) in [5, 5.41) is 6.33. The maximum Gasteiger partial charge on any atom is 0.240 e. The minimum Gasteiger partial charge on any atom is -0.207 e. The quantitative estimate of drug-likeness (QED) is 0.180. The van der Waals surface area contributed by atoms with Gasteiger partial charge >= 0.3 is 0 Å². The van der Waals surface area contributed by atoms with E-state index >= 15 is 0 Å². The number of hydrogen-bond acceptors (Lipinski definition) is 6. The van der Waals surface area contributed by atoms with Gasteiger partial charge in [0.05, 0.1) is 9.79 Å². The average molecular weight is 619 g/mol. The molecule has 6 aromatic rings. The van der Waals surface area contributed by atoms with Crippen molar-refractivity contribution in [3.8, 4) is 0 Å². The van der Waals surface area contributed by atoms with Gasteiger partial charge in [-0.1, -0.05) is 48.5 Å². The summed E-state index contributed by atoms with van der Waals surface area (Å²) in [7, 11) is -7.33. The topological polar surface area (TPSA) is 92.3 Å². The van der Waals surface area contributed by atoms with Gasteiger partial charge < -0.3 is 0 Å². The van der Waals surface area contributed by atoms with Crippen molar-refractivity contribution < 1.29 is 16.8 Å². The highest BCUT2D eigenvalue weighted by molar-refractivity contribution is 7.89. The van der Waals surface area contributed by atoms with Crippen molar-refractivity contribution in [2.24, 2.45) is 0 Å². The molecule has 0 spiro atoms. The first-order valence-electron chi connectivity index (χ1n) is 12.8. The second-order valence-corrected chi connectivity index (χ2v) is 15.1. The second kappa shape index (κ2) is 11.5. The summed E-state index contributed by atoms with van der Waals surface area (Å²) >= 11 is 3.25. The zero-order chi connectivity index (χ0) is 28.5. The fraction of sp³-hybridized carbons (Fsp3) is 0.0968. The maximum absolute atomic E-state index is 12.8. The number of nitrogens with one attached hydrogen (secondary N) is 2. The Morgan fingerprint density at radius 2 is 0.878 bits per heavy atom. The first kappa shape index (κ1) is 27.8. The lowest BCUT2D eigenvalue weighted by Gasteiger charge is -2.10. The smallest absolute Gasteiger partial charge is 0.207 e. The number of thiophene rings is 2. The number of sulfonamides is 2. The van der Waals surface area contributed by atoms with Gasteiger partial charge in [-0.05, 0) is 98.7 Å². The molecule has 0 radical (unpaired) electrons. The minimum absolute atomic E-state index is 0.198. The van der Waals surface area contributed by atoms with Crippen LogP contribution in [0.5, 0.6) is 0 Å². The minimum atomic E-state index is -3.66. The van der Waals surface area contributed by atoms with E-state index in [1.165, 1.54) is 0 Å². The lowest BCUT2D eigenvalue weighted by molar-refractivity contribution is 0.579. The molecule has 0 saturated heterocycles. The molecule has 2 heterocycles. The van der Waals surface area contributed by atoms with Crippen molar-refractivity contribution in [1.29, 1.82) is 0 Å². The van der Waals surface area contributed by atoms with Gasteiger partial charge in [0.25, 0.3) is 0 Å². The maximum atomic E-state index is 12.8. The molecule has 0 unspecified atom stereocenters. The predicted molar refractivity (Wildman–Crippen MR) is 167 cm³/mol. The van der Waals surface area contributed by atoms with Crippen molar-refractivity contribution in [3.63, 3.8) is 0 Å². The highest BCUT2D eigenvalue weighted by Crippen LogP contribution is 2.24. The van der Waals surface area contributed by atoms with E-state index in [-0.39, 0.29) is 22.9 Å². The molecule has 0 aliphatic rings. The fourth-order valence-electron chi connectivity index (χ4n) is 4.55. The molecular weight excluding hydrogens is 593 g/mol. The van der Waals surface area contributed by atoms with Gasteiger partial charge in [0.1, 0.15) is 0 Å². The van der Waals surface area contributed by atoms with Gasteiger partial charge in [0.15, 0.2) is 0 Å². The molecular formula is C31H26N2O4S4. The van der Waals surface area contributed by atoms with Crippen molar-refractivity contribution in [1.82, 2.24) is 9.44 Å². The number of hydrogen-bond donors (Lipinski definition) is 2. The molecule has 2 aromatic heterocycles. The van der Waals surface area contributed by atoms with Crippen LogP contribution in [0, 0.1) is 0 Å². The van der Waals surface area contributed by atoms with E-state index in [1.54, 1.807) is 71.2 Å². The summed E-state index contributed by atoms with van der Waals surface area (Å²) in [5.41, 5.74) is 3.65. The summed E-state index contributed by atoms with van der Waals surface area (Å²) in [6, 6.07) is 29.4. The van der Waals surface area contributed by atoms with Crippen molar-refractivity contribution in [2.75, 3.05) is 0 Å². The highest BCUT2D eigenvalue weighted by atomic mass is 32.2. The van der Waals surface area contributed by atoms with Crippen LogP contribution in [0.15, 0.2) is 118 Å². The van der Waals surface area contributed by atoms with Crippen LogP contribution in [-0.4, -0.2) is 16.8 Å². The molecule has 6 nitrogen and oxygen atoms in total. The summed E-state index contributed by atoms with van der Waals surface area (Å²) < 4.78 is 59.0. The fourth-order valence-corrected chi connectivity index (χ4v) is 8.29. The molecule has 4 aromatic carbocycles. The molecule has 0 fully saturated rings. The van der Waals surface area contributed by atoms with Crippen LogP contribution in [0.3, 0.4) is 0 Å². The van der Waals surface area contributed by atoms with E-state index in [9.17, 15) is 16.8 Å². The molecule has 10 heteroatoms. The van der Waals surface area contributed by atoms with Crippen molar-refractivity contribution >= 4 is 62.9 Å². The molecule has 0 aliphatic carbocycles. The van der Waals surface area contributed by atoms with Crippen LogP contribution < -0.4 is 9.44 Å². The van der Waals surface area contributed by atoms with Crippen LogP contribution in [0.1, 0.15) is 22.3 Å². The van der Waals surface area contributed by atoms with Crippen molar-refractivity contribution in [2.45, 2.75) is 29.3 Å². The lowest BCUT2D eigenvalue weighted by atomic mass is 10.1. The third kappa shape index (κ3) is 6.43. The summed E-state index contributed by atoms with van der Waals surface area (Å²) in [4.78, 5) is 0.397. The van der Waals surface area contributed by atoms with Gasteiger partial charge in [0.2, 0.25) is 20.0 Å². The third-order valence-corrected chi connectivity index (χ3v) is 11.4. The van der Waals surface area contributed by atoms with Gasteiger partial charge in [-0.15, -0.1) is 22.7 Å². The first-order chi connectivity index (χ1) is 19.7. The number of benzene rings is 4. The van der Waals surface area contributed by atoms with Gasteiger partial charge in [-0.3, -0.25) is 0 Å².